The molecule has 1 saturated heterocycles. The molecule has 0 aromatic carbocycles. The highest BCUT2D eigenvalue weighted by atomic mass is 16.5. The van der Waals surface area contributed by atoms with Crippen molar-refractivity contribution in [3.05, 3.63) is 17.5 Å². The van der Waals surface area contributed by atoms with Gasteiger partial charge in [-0.05, 0) is 0 Å². The summed E-state index contributed by atoms with van der Waals surface area (Å²) in [4.78, 5) is 11.2. The Morgan fingerprint density at radius 3 is 3.08 bits per heavy atom. The molecule has 0 bridgehead atoms. The van der Waals surface area contributed by atoms with Gasteiger partial charge >= 0.3 is 5.97 Å². The molecule has 5 heteroatoms. The average Bonchev–Trinajstić information content (AvgIpc) is 2.49. The zero-order chi connectivity index (χ0) is 9.26. The van der Waals surface area contributed by atoms with Crippen molar-refractivity contribution < 1.29 is 14.1 Å². The summed E-state index contributed by atoms with van der Waals surface area (Å²) in [5.41, 5.74) is 1.14. The molecule has 0 saturated carbocycles. The van der Waals surface area contributed by atoms with Crippen molar-refractivity contribution in [2.45, 2.75) is 5.92 Å². The molecule has 1 aliphatic heterocycles. The molecule has 70 valence electrons. The molecule has 1 fully saturated rings. The maximum atomic E-state index is 11.2. The SMILES string of the molecule is COC(=O)c1conc1C1CNC1. The molecule has 2 heterocycles. The first-order valence-electron chi connectivity index (χ1n) is 4.06. The van der Waals surface area contributed by atoms with Gasteiger partial charge in [-0.25, -0.2) is 4.79 Å². The van der Waals surface area contributed by atoms with E-state index in [1.165, 1.54) is 13.4 Å². The van der Waals surface area contributed by atoms with Gasteiger partial charge in [0, 0.05) is 19.0 Å². The number of hydrogen-bond donors (Lipinski definition) is 1. The first-order chi connectivity index (χ1) is 6.33. The Bertz CT molecular complexity index is 317. The molecule has 1 N–H and O–H groups in total. The molecule has 0 radical (unpaired) electrons. The minimum atomic E-state index is -0.386. The highest BCUT2D eigenvalue weighted by molar-refractivity contribution is 5.90. The van der Waals surface area contributed by atoms with E-state index in [0.717, 1.165) is 13.1 Å². The van der Waals surface area contributed by atoms with Crippen LogP contribution in [0.25, 0.3) is 0 Å². The zero-order valence-electron chi connectivity index (χ0n) is 7.24. The Morgan fingerprint density at radius 1 is 1.77 bits per heavy atom. The fourth-order valence-electron chi connectivity index (χ4n) is 1.28. The molecule has 2 rings (SSSR count). The Kier molecular flexibility index (Phi) is 2.02. The Balaban J connectivity index is 2.24. The van der Waals surface area contributed by atoms with Crippen molar-refractivity contribution in [2.75, 3.05) is 20.2 Å². The van der Waals surface area contributed by atoms with Crippen LogP contribution in [0, 0.1) is 0 Å². The van der Waals surface area contributed by atoms with E-state index in [4.69, 9.17) is 4.52 Å². The summed E-state index contributed by atoms with van der Waals surface area (Å²) in [6.07, 6.45) is 1.33. The van der Waals surface area contributed by atoms with Crippen LogP contribution in [-0.2, 0) is 4.74 Å². The van der Waals surface area contributed by atoms with Crippen LogP contribution < -0.4 is 5.32 Å². The van der Waals surface area contributed by atoms with E-state index >= 15 is 0 Å². The third-order valence-electron chi connectivity index (χ3n) is 2.17. The fourth-order valence-corrected chi connectivity index (χ4v) is 1.28. The van der Waals surface area contributed by atoms with Gasteiger partial charge in [-0.15, -0.1) is 0 Å². The number of nitrogens with one attached hydrogen (secondary N) is 1. The van der Waals surface area contributed by atoms with Crippen LogP contribution >= 0.6 is 0 Å². The maximum Gasteiger partial charge on any atom is 0.343 e. The Morgan fingerprint density at radius 2 is 2.54 bits per heavy atom. The van der Waals surface area contributed by atoms with Crippen LogP contribution in [0.15, 0.2) is 10.8 Å². The molecule has 13 heavy (non-hydrogen) atoms. The van der Waals surface area contributed by atoms with Gasteiger partial charge in [0.2, 0.25) is 0 Å². The summed E-state index contributed by atoms with van der Waals surface area (Å²) in [5, 5.41) is 6.89. The lowest BCUT2D eigenvalue weighted by molar-refractivity contribution is 0.0598. The van der Waals surface area contributed by atoms with Crippen molar-refractivity contribution in [3.8, 4) is 0 Å². The van der Waals surface area contributed by atoms with Gasteiger partial charge in [-0.2, -0.15) is 0 Å². The maximum absolute atomic E-state index is 11.2. The zero-order valence-corrected chi connectivity index (χ0v) is 7.24. The van der Waals surface area contributed by atoms with Crippen LogP contribution in [0.5, 0.6) is 0 Å². The molecular formula is C8H10N2O3. The number of carbonyl (C=O) groups excluding carboxylic acids is 1. The number of hydrogen-bond acceptors (Lipinski definition) is 5. The van der Waals surface area contributed by atoms with Crippen molar-refractivity contribution in [3.63, 3.8) is 0 Å². The number of methoxy groups -OCH3 is 1. The van der Waals surface area contributed by atoms with Crippen molar-refractivity contribution in [2.24, 2.45) is 0 Å². The molecule has 1 aromatic heterocycles. The van der Waals surface area contributed by atoms with E-state index in [0.29, 0.717) is 11.3 Å². The van der Waals surface area contributed by atoms with Crippen molar-refractivity contribution in [1.82, 2.24) is 10.5 Å². The molecular weight excluding hydrogens is 172 g/mol. The fraction of sp³-hybridized carbons (Fsp3) is 0.500. The van der Waals surface area contributed by atoms with Crippen LogP contribution in [-0.4, -0.2) is 31.3 Å². The quantitative estimate of drug-likeness (QED) is 0.659. The van der Waals surface area contributed by atoms with Gasteiger partial charge in [0.1, 0.15) is 17.5 Å². The van der Waals surface area contributed by atoms with Crippen LogP contribution in [0.3, 0.4) is 0 Å². The van der Waals surface area contributed by atoms with Gasteiger partial charge < -0.3 is 14.6 Å². The van der Waals surface area contributed by atoms with E-state index in [1.54, 1.807) is 0 Å². The predicted octanol–water partition coefficient (Wildman–Crippen LogP) is 0.148. The lowest BCUT2D eigenvalue weighted by atomic mass is 9.96. The smallest absolute Gasteiger partial charge is 0.343 e. The van der Waals surface area contributed by atoms with Gasteiger partial charge in [-0.3, -0.25) is 0 Å². The summed E-state index contributed by atoms with van der Waals surface area (Å²) < 4.78 is 9.34. The number of esters is 1. The predicted molar refractivity (Wildman–Crippen MR) is 43.5 cm³/mol. The first-order valence-corrected chi connectivity index (χ1v) is 4.06. The average molecular weight is 182 g/mol. The number of rotatable bonds is 2. The molecule has 0 atom stereocenters. The van der Waals surface area contributed by atoms with Gasteiger partial charge in [0.15, 0.2) is 0 Å². The molecule has 1 aromatic rings. The second-order valence-corrected chi connectivity index (χ2v) is 2.96. The van der Waals surface area contributed by atoms with Crippen molar-refractivity contribution >= 4 is 5.97 Å². The van der Waals surface area contributed by atoms with E-state index in [2.05, 4.69) is 15.2 Å². The summed E-state index contributed by atoms with van der Waals surface area (Å²) in [6, 6.07) is 0. The molecule has 1 aliphatic rings. The van der Waals surface area contributed by atoms with Crippen LogP contribution in [0.1, 0.15) is 22.0 Å². The molecule has 0 amide bonds. The lowest BCUT2D eigenvalue weighted by Crippen LogP contribution is -2.40. The first kappa shape index (κ1) is 8.25. The summed E-state index contributed by atoms with van der Waals surface area (Å²) in [7, 11) is 1.35. The highest BCUT2D eigenvalue weighted by Gasteiger charge is 2.28. The largest absolute Gasteiger partial charge is 0.465 e. The second-order valence-electron chi connectivity index (χ2n) is 2.96. The van der Waals surface area contributed by atoms with E-state index in [-0.39, 0.29) is 11.9 Å². The van der Waals surface area contributed by atoms with Crippen LogP contribution in [0.2, 0.25) is 0 Å². The third kappa shape index (κ3) is 1.31. The second kappa shape index (κ2) is 3.18. The minimum Gasteiger partial charge on any atom is -0.465 e. The Labute approximate surface area is 75.0 Å². The van der Waals surface area contributed by atoms with E-state index in [1.807, 2.05) is 0 Å². The monoisotopic (exact) mass is 182 g/mol. The molecule has 0 spiro atoms. The minimum absolute atomic E-state index is 0.285. The number of carbonyl (C=O) groups is 1. The van der Waals surface area contributed by atoms with E-state index < -0.39 is 0 Å². The summed E-state index contributed by atoms with van der Waals surface area (Å²) in [5.74, 6) is -0.101. The van der Waals surface area contributed by atoms with Gasteiger partial charge in [-0.1, -0.05) is 5.16 Å². The third-order valence-corrected chi connectivity index (χ3v) is 2.17. The molecule has 0 unspecified atom stereocenters. The van der Waals surface area contributed by atoms with Gasteiger partial charge in [0.25, 0.3) is 0 Å². The topological polar surface area (TPSA) is 64.4 Å². The molecule has 0 aliphatic carbocycles. The normalized spacial score (nSPS) is 16.7. The molecule has 5 nitrogen and oxygen atoms in total. The van der Waals surface area contributed by atoms with Crippen LogP contribution in [0.4, 0.5) is 0 Å². The number of nitrogens with zero attached hydrogens (tertiary/aromatic N) is 1. The lowest BCUT2D eigenvalue weighted by Gasteiger charge is -2.25. The van der Waals surface area contributed by atoms with E-state index in [9.17, 15) is 4.79 Å². The van der Waals surface area contributed by atoms with Crippen molar-refractivity contribution in [1.29, 1.82) is 0 Å². The summed E-state index contributed by atoms with van der Waals surface area (Å²) in [6.45, 7) is 1.69. The Hall–Kier alpha value is -1.36. The standard InChI is InChI=1S/C8H10N2O3/c1-12-8(11)6-4-13-10-7(6)5-2-9-3-5/h4-5,9H,2-3H2,1H3. The number of aromatic nitrogens is 1. The highest BCUT2D eigenvalue weighted by Crippen LogP contribution is 2.22. The van der Waals surface area contributed by atoms with Gasteiger partial charge in [0.05, 0.1) is 7.11 Å². The number of ether oxygens (including phenoxy) is 1. The summed E-state index contributed by atoms with van der Waals surface area (Å²) >= 11 is 0.